The third kappa shape index (κ3) is 2.67. The largest absolute Gasteiger partial charge is 0.391 e. The van der Waals surface area contributed by atoms with Crippen LogP contribution in [0.3, 0.4) is 0 Å². The molecule has 5 heteroatoms. The maximum Gasteiger partial charge on any atom is 0.224 e. The van der Waals surface area contributed by atoms with Crippen LogP contribution in [0.15, 0.2) is 30.6 Å². The molecule has 0 radical (unpaired) electrons. The number of amides is 1. The molecule has 1 aliphatic rings. The van der Waals surface area contributed by atoms with Gasteiger partial charge in [0.05, 0.1) is 23.5 Å². The predicted molar refractivity (Wildman–Crippen MR) is 76.2 cm³/mol. The summed E-state index contributed by atoms with van der Waals surface area (Å²) in [5, 5.41) is 9.61. The fourth-order valence-corrected chi connectivity index (χ4v) is 2.74. The maximum atomic E-state index is 12.2. The minimum atomic E-state index is -0.359. The smallest absolute Gasteiger partial charge is 0.224 e. The van der Waals surface area contributed by atoms with E-state index in [1.54, 1.807) is 11.2 Å². The van der Waals surface area contributed by atoms with Crippen molar-refractivity contribution in [2.24, 2.45) is 0 Å². The summed E-state index contributed by atoms with van der Waals surface area (Å²) in [6, 6.07) is 7.91. The molecule has 1 amide bonds. The number of piperidine rings is 1. The summed E-state index contributed by atoms with van der Waals surface area (Å²) in [4.78, 5) is 18.2. The molecule has 1 saturated heterocycles. The predicted octanol–water partition coefficient (Wildman–Crippen LogP) is 1.41. The quantitative estimate of drug-likeness (QED) is 0.920. The number of para-hydroxylation sites is 2. The number of benzene rings is 1. The number of carbonyl (C=O) groups excluding carboxylic acids is 1. The van der Waals surface area contributed by atoms with E-state index in [1.165, 1.54) is 0 Å². The van der Waals surface area contributed by atoms with Crippen molar-refractivity contribution in [2.75, 3.05) is 13.1 Å². The number of rotatable bonds is 3. The first-order chi connectivity index (χ1) is 9.74. The first-order valence-corrected chi connectivity index (χ1v) is 7.10. The Morgan fingerprint density at radius 1 is 1.40 bits per heavy atom. The number of carbonyl (C=O) groups is 1. The summed E-state index contributed by atoms with van der Waals surface area (Å²) in [7, 11) is 0. The van der Waals surface area contributed by atoms with Crippen molar-refractivity contribution < 1.29 is 9.90 Å². The van der Waals surface area contributed by atoms with Crippen LogP contribution in [-0.2, 0) is 11.3 Å². The molecule has 2 aromatic rings. The molecule has 1 N–H and O–H groups in total. The van der Waals surface area contributed by atoms with Gasteiger partial charge in [0.2, 0.25) is 5.91 Å². The zero-order valence-electron chi connectivity index (χ0n) is 11.4. The number of hydrogen-bond acceptors (Lipinski definition) is 3. The zero-order chi connectivity index (χ0) is 13.9. The molecular formula is C15H19N3O2. The fraction of sp³-hybridized carbons (Fsp3) is 0.467. The van der Waals surface area contributed by atoms with Crippen molar-refractivity contribution in [2.45, 2.75) is 31.9 Å². The molecule has 1 aliphatic heterocycles. The van der Waals surface area contributed by atoms with Crippen LogP contribution in [0.1, 0.15) is 19.3 Å². The summed E-state index contributed by atoms with van der Waals surface area (Å²) < 4.78 is 2.01. The van der Waals surface area contributed by atoms with Crippen molar-refractivity contribution in [3.8, 4) is 0 Å². The van der Waals surface area contributed by atoms with Gasteiger partial charge in [0, 0.05) is 26.1 Å². The van der Waals surface area contributed by atoms with E-state index in [4.69, 9.17) is 0 Å². The average Bonchev–Trinajstić information content (AvgIpc) is 2.88. The van der Waals surface area contributed by atoms with Gasteiger partial charge in [0.15, 0.2) is 0 Å². The van der Waals surface area contributed by atoms with Crippen molar-refractivity contribution in [1.82, 2.24) is 14.5 Å². The lowest BCUT2D eigenvalue weighted by Gasteiger charge is -2.30. The lowest BCUT2D eigenvalue weighted by atomic mass is 10.1. The molecule has 0 spiro atoms. The topological polar surface area (TPSA) is 58.4 Å². The number of hydrogen-bond donors (Lipinski definition) is 1. The van der Waals surface area contributed by atoms with Crippen LogP contribution in [0.5, 0.6) is 0 Å². The van der Waals surface area contributed by atoms with Gasteiger partial charge in [-0.15, -0.1) is 0 Å². The Morgan fingerprint density at radius 2 is 2.25 bits per heavy atom. The van der Waals surface area contributed by atoms with Gasteiger partial charge < -0.3 is 14.6 Å². The zero-order valence-corrected chi connectivity index (χ0v) is 11.4. The molecule has 1 atom stereocenters. The maximum absolute atomic E-state index is 12.2. The molecule has 1 aromatic heterocycles. The SMILES string of the molecule is O=C(CCn1cnc2ccccc21)N1CCC[C@H](O)C1. The highest BCUT2D eigenvalue weighted by molar-refractivity contribution is 5.77. The van der Waals surface area contributed by atoms with Gasteiger partial charge in [-0.3, -0.25) is 4.79 Å². The molecule has 0 saturated carbocycles. The van der Waals surface area contributed by atoms with E-state index in [0.29, 0.717) is 19.5 Å². The van der Waals surface area contributed by atoms with E-state index in [9.17, 15) is 9.90 Å². The Labute approximate surface area is 117 Å². The highest BCUT2D eigenvalue weighted by Gasteiger charge is 2.21. The second-order valence-corrected chi connectivity index (χ2v) is 5.31. The Kier molecular flexibility index (Phi) is 3.69. The standard InChI is InChI=1S/C15H19N3O2/c19-12-4-3-8-17(10-12)15(20)7-9-18-11-16-13-5-1-2-6-14(13)18/h1-2,5-6,11-12,19H,3-4,7-10H2/t12-/m0/s1. The Bertz CT molecular complexity index is 608. The molecule has 2 heterocycles. The van der Waals surface area contributed by atoms with E-state index in [-0.39, 0.29) is 12.0 Å². The minimum absolute atomic E-state index is 0.113. The average molecular weight is 273 g/mol. The first-order valence-electron chi connectivity index (χ1n) is 7.10. The molecule has 1 fully saturated rings. The number of imidazole rings is 1. The number of β-amino-alcohol motifs (C(OH)–C–C–N with tert-alkyl or cyclic N) is 1. The van der Waals surface area contributed by atoms with Crippen LogP contribution in [0.4, 0.5) is 0 Å². The van der Waals surface area contributed by atoms with Crippen molar-refractivity contribution in [1.29, 1.82) is 0 Å². The monoisotopic (exact) mass is 273 g/mol. The van der Waals surface area contributed by atoms with Crippen LogP contribution in [-0.4, -0.2) is 44.7 Å². The van der Waals surface area contributed by atoms with E-state index >= 15 is 0 Å². The highest BCUT2D eigenvalue weighted by atomic mass is 16.3. The number of likely N-dealkylation sites (tertiary alicyclic amines) is 1. The van der Waals surface area contributed by atoms with Crippen LogP contribution < -0.4 is 0 Å². The minimum Gasteiger partial charge on any atom is -0.391 e. The third-order valence-corrected chi connectivity index (χ3v) is 3.84. The lowest BCUT2D eigenvalue weighted by Crippen LogP contribution is -2.42. The molecule has 3 rings (SSSR count). The van der Waals surface area contributed by atoms with E-state index < -0.39 is 0 Å². The number of aryl methyl sites for hydroxylation is 1. The second-order valence-electron chi connectivity index (χ2n) is 5.31. The van der Waals surface area contributed by atoms with Gasteiger partial charge >= 0.3 is 0 Å². The van der Waals surface area contributed by atoms with E-state index in [0.717, 1.165) is 30.4 Å². The third-order valence-electron chi connectivity index (χ3n) is 3.84. The van der Waals surface area contributed by atoms with E-state index in [2.05, 4.69) is 4.98 Å². The van der Waals surface area contributed by atoms with Crippen molar-refractivity contribution in [3.05, 3.63) is 30.6 Å². The molecule has 5 nitrogen and oxygen atoms in total. The number of aliphatic hydroxyl groups excluding tert-OH is 1. The molecule has 106 valence electrons. The van der Waals surface area contributed by atoms with Gasteiger partial charge in [0.1, 0.15) is 0 Å². The fourth-order valence-electron chi connectivity index (χ4n) is 2.74. The normalized spacial score (nSPS) is 19.4. The second kappa shape index (κ2) is 5.63. The Morgan fingerprint density at radius 3 is 3.10 bits per heavy atom. The summed E-state index contributed by atoms with van der Waals surface area (Å²) in [5.41, 5.74) is 2.01. The van der Waals surface area contributed by atoms with Gasteiger partial charge in [-0.1, -0.05) is 12.1 Å². The lowest BCUT2D eigenvalue weighted by molar-refractivity contribution is -0.134. The Balaban J connectivity index is 1.63. The number of fused-ring (bicyclic) bond motifs is 1. The van der Waals surface area contributed by atoms with Crippen molar-refractivity contribution in [3.63, 3.8) is 0 Å². The van der Waals surface area contributed by atoms with Crippen LogP contribution in [0.25, 0.3) is 11.0 Å². The van der Waals surface area contributed by atoms with E-state index in [1.807, 2.05) is 28.8 Å². The van der Waals surface area contributed by atoms with Gasteiger partial charge in [-0.2, -0.15) is 0 Å². The number of aliphatic hydroxyl groups is 1. The molecular weight excluding hydrogens is 254 g/mol. The molecule has 0 unspecified atom stereocenters. The van der Waals surface area contributed by atoms with Gasteiger partial charge in [-0.05, 0) is 25.0 Å². The summed E-state index contributed by atoms with van der Waals surface area (Å²) in [5.74, 6) is 0.113. The van der Waals surface area contributed by atoms with Crippen LogP contribution >= 0.6 is 0 Å². The van der Waals surface area contributed by atoms with Crippen LogP contribution in [0.2, 0.25) is 0 Å². The summed E-state index contributed by atoms with van der Waals surface area (Å²) in [6.45, 7) is 1.87. The summed E-state index contributed by atoms with van der Waals surface area (Å²) in [6.07, 6.45) is 3.56. The number of nitrogens with zero attached hydrogens (tertiary/aromatic N) is 3. The molecule has 1 aromatic carbocycles. The number of aromatic nitrogens is 2. The molecule has 20 heavy (non-hydrogen) atoms. The summed E-state index contributed by atoms with van der Waals surface area (Å²) >= 11 is 0. The Hall–Kier alpha value is -1.88. The van der Waals surface area contributed by atoms with Gasteiger partial charge in [0.25, 0.3) is 0 Å². The molecule has 0 aliphatic carbocycles. The van der Waals surface area contributed by atoms with Gasteiger partial charge in [-0.25, -0.2) is 4.98 Å². The van der Waals surface area contributed by atoms with Crippen LogP contribution in [0, 0.1) is 0 Å². The highest BCUT2D eigenvalue weighted by Crippen LogP contribution is 2.14. The van der Waals surface area contributed by atoms with Crippen molar-refractivity contribution >= 4 is 16.9 Å². The molecule has 0 bridgehead atoms. The first kappa shape index (κ1) is 13.1.